The minimum atomic E-state index is -0.876. The molecule has 0 aliphatic carbocycles. The molecule has 0 spiro atoms. The van der Waals surface area contributed by atoms with Crippen LogP contribution in [0.2, 0.25) is 0 Å². The number of carboxylic acid groups (broad SMARTS) is 1. The fraction of sp³-hybridized carbons (Fsp3) is 0.154. The standard InChI is InChI=1S/C13H13NO2/c14-8-12(13(15)16)11-7-3-5-9-4-1-2-6-10(9)11/h1-7,12H,8,14H2,(H,15,16)/t12-/m1/s1. The van der Waals surface area contributed by atoms with Crippen LogP contribution in [-0.2, 0) is 4.79 Å². The Morgan fingerprint density at radius 3 is 2.56 bits per heavy atom. The minimum Gasteiger partial charge on any atom is -0.481 e. The van der Waals surface area contributed by atoms with Crippen molar-refractivity contribution in [3.8, 4) is 0 Å². The first-order chi connectivity index (χ1) is 7.74. The molecule has 0 saturated heterocycles. The van der Waals surface area contributed by atoms with E-state index in [-0.39, 0.29) is 6.54 Å². The molecule has 0 aliphatic rings. The van der Waals surface area contributed by atoms with Crippen LogP contribution >= 0.6 is 0 Å². The Hall–Kier alpha value is -1.87. The summed E-state index contributed by atoms with van der Waals surface area (Å²) in [5, 5.41) is 11.1. The maximum atomic E-state index is 11.1. The van der Waals surface area contributed by atoms with Crippen LogP contribution in [0.4, 0.5) is 0 Å². The molecule has 0 bridgehead atoms. The monoisotopic (exact) mass is 215 g/mol. The summed E-state index contributed by atoms with van der Waals surface area (Å²) in [6, 6.07) is 13.4. The van der Waals surface area contributed by atoms with Gasteiger partial charge in [0.2, 0.25) is 0 Å². The number of fused-ring (bicyclic) bond motifs is 1. The quantitative estimate of drug-likeness (QED) is 0.822. The summed E-state index contributed by atoms with van der Waals surface area (Å²) in [4.78, 5) is 11.1. The third-order valence-corrected chi connectivity index (χ3v) is 2.73. The molecule has 1 atom stereocenters. The summed E-state index contributed by atoms with van der Waals surface area (Å²) in [5.74, 6) is -1.51. The highest BCUT2D eigenvalue weighted by molar-refractivity contribution is 5.90. The number of benzene rings is 2. The van der Waals surface area contributed by atoms with Gasteiger partial charge in [-0.15, -0.1) is 0 Å². The zero-order chi connectivity index (χ0) is 11.5. The molecule has 0 aromatic heterocycles. The zero-order valence-electron chi connectivity index (χ0n) is 8.76. The lowest BCUT2D eigenvalue weighted by molar-refractivity contribution is -0.138. The molecule has 3 N–H and O–H groups in total. The SMILES string of the molecule is NC[C@@H](C(=O)O)c1cccc2ccccc12. The summed E-state index contributed by atoms with van der Waals surface area (Å²) >= 11 is 0. The molecule has 3 heteroatoms. The van der Waals surface area contributed by atoms with Gasteiger partial charge in [0.15, 0.2) is 0 Å². The van der Waals surface area contributed by atoms with Crippen molar-refractivity contribution < 1.29 is 9.90 Å². The molecule has 2 rings (SSSR count). The lowest BCUT2D eigenvalue weighted by Gasteiger charge is -2.12. The second-order valence-electron chi connectivity index (χ2n) is 3.69. The average molecular weight is 215 g/mol. The molecule has 0 saturated carbocycles. The molecule has 2 aromatic rings. The van der Waals surface area contributed by atoms with Crippen LogP contribution in [0, 0.1) is 0 Å². The smallest absolute Gasteiger partial charge is 0.312 e. The summed E-state index contributed by atoms with van der Waals surface area (Å²) in [7, 11) is 0. The van der Waals surface area contributed by atoms with E-state index in [0.29, 0.717) is 0 Å². The molecular weight excluding hydrogens is 202 g/mol. The first kappa shape index (κ1) is 10.6. The van der Waals surface area contributed by atoms with E-state index >= 15 is 0 Å². The molecule has 2 aromatic carbocycles. The van der Waals surface area contributed by atoms with Crippen molar-refractivity contribution in [3.05, 3.63) is 48.0 Å². The second-order valence-corrected chi connectivity index (χ2v) is 3.69. The van der Waals surface area contributed by atoms with Gasteiger partial charge in [-0.1, -0.05) is 42.5 Å². The summed E-state index contributed by atoms with van der Waals surface area (Å²) in [5.41, 5.74) is 6.30. The van der Waals surface area contributed by atoms with Gasteiger partial charge in [0, 0.05) is 6.54 Å². The van der Waals surface area contributed by atoms with Crippen LogP contribution in [0.5, 0.6) is 0 Å². The lowest BCUT2D eigenvalue weighted by Crippen LogP contribution is -2.21. The van der Waals surface area contributed by atoms with Crippen LogP contribution in [0.25, 0.3) is 10.8 Å². The summed E-state index contributed by atoms with van der Waals surface area (Å²) in [6.45, 7) is 0.114. The fourth-order valence-electron chi connectivity index (χ4n) is 1.92. The molecule has 0 amide bonds. The Morgan fingerprint density at radius 1 is 1.19 bits per heavy atom. The molecule has 0 aliphatic heterocycles. The highest BCUT2D eigenvalue weighted by Gasteiger charge is 2.19. The summed E-state index contributed by atoms with van der Waals surface area (Å²) in [6.07, 6.45) is 0. The third kappa shape index (κ3) is 1.77. The van der Waals surface area contributed by atoms with E-state index in [1.54, 1.807) is 0 Å². The summed E-state index contributed by atoms with van der Waals surface area (Å²) < 4.78 is 0. The van der Waals surface area contributed by atoms with Gasteiger partial charge < -0.3 is 10.8 Å². The van der Waals surface area contributed by atoms with E-state index in [0.717, 1.165) is 16.3 Å². The van der Waals surface area contributed by atoms with E-state index in [4.69, 9.17) is 10.8 Å². The van der Waals surface area contributed by atoms with E-state index < -0.39 is 11.9 Å². The largest absolute Gasteiger partial charge is 0.481 e. The number of aliphatic carboxylic acids is 1. The van der Waals surface area contributed by atoms with Crippen molar-refractivity contribution >= 4 is 16.7 Å². The molecule has 82 valence electrons. The van der Waals surface area contributed by atoms with E-state index in [9.17, 15) is 4.79 Å². The number of rotatable bonds is 3. The van der Waals surface area contributed by atoms with E-state index in [1.807, 2.05) is 42.5 Å². The van der Waals surface area contributed by atoms with Crippen molar-refractivity contribution in [1.29, 1.82) is 0 Å². The minimum absolute atomic E-state index is 0.114. The van der Waals surface area contributed by atoms with Crippen molar-refractivity contribution in [3.63, 3.8) is 0 Å². The first-order valence-corrected chi connectivity index (χ1v) is 5.14. The van der Waals surface area contributed by atoms with Crippen LogP contribution < -0.4 is 5.73 Å². The van der Waals surface area contributed by atoms with Gasteiger partial charge in [0.25, 0.3) is 0 Å². The van der Waals surface area contributed by atoms with Crippen LogP contribution in [0.1, 0.15) is 11.5 Å². The molecule has 0 radical (unpaired) electrons. The molecule has 3 nitrogen and oxygen atoms in total. The number of hydrogen-bond acceptors (Lipinski definition) is 2. The van der Waals surface area contributed by atoms with Gasteiger partial charge in [-0.2, -0.15) is 0 Å². The van der Waals surface area contributed by atoms with Crippen molar-refractivity contribution in [2.45, 2.75) is 5.92 Å². The van der Waals surface area contributed by atoms with Crippen molar-refractivity contribution in [2.75, 3.05) is 6.54 Å². The van der Waals surface area contributed by atoms with Crippen LogP contribution in [0.15, 0.2) is 42.5 Å². The fourth-order valence-corrected chi connectivity index (χ4v) is 1.92. The predicted octanol–water partition coefficient (Wildman–Crippen LogP) is 1.97. The normalized spacial score (nSPS) is 12.6. The maximum Gasteiger partial charge on any atom is 0.312 e. The zero-order valence-corrected chi connectivity index (χ0v) is 8.76. The number of nitrogens with two attached hydrogens (primary N) is 1. The van der Waals surface area contributed by atoms with Crippen LogP contribution in [-0.4, -0.2) is 17.6 Å². The Kier molecular flexibility index (Phi) is 2.88. The van der Waals surface area contributed by atoms with E-state index in [1.165, 1.54) is 0 Å². The van der Waals surface area contributed by atoms with Gasteiger partial charge in [-0.05, 0) is 16.3 Å². The molecule has 16 heavy (non-hydrogen) atoms. The van der Waals surface area contributed by atoms with Crippen molar-refractivity contribution in [2.24, 2.45) is 5.73 Å². The Bertz CT molecular complexity index is 517. The van der Waals surface area contributed by atoms with Gasteiger partial charge >= 0.3 is 5.97 Å². The van der Waals surface area contributed by atoms with Crippen LogP contribution in [0.3, 0.4) is 0 Å². The Labute approximate surface area is 93.5 Å². The van der Waals surface area contributed by atoms with Gasteiger partial charge in [-0.3, -0.25) is 4.79 Å². The molecule has 0 fully saturated rings. The number of carboxylic acids is 1. The van der Waals surface area contributed by atoms with E-state index in [2.05, 4.69) is 0 Å². The second kappa shape index (κ2) is 4.33. The van der Waals surface area contributed by atoms with Gasteiger partial charge in [0.1, 0.15) is 0 Å². The lowest BCUT2D eigenvalue weighted by atomic mass is 9.93. The third-order valence-electron chi connectivity index (χ3n) is 2.73. The maximum absolute atomic E-state index is 11.1. The highest BCUT2D eigenvalue weighted by atomic mass is 16.4. The van der Waals surface area contributed by atoms with Crippen molar-refractivity contribution in [1.82, 2.24) is 0 Å². The first-order valence-electron chi connectivity index (χ1n) is 5.14. The average Bonchev–Trinajstić information content (AvgIpc) is 2.30. The molecule has 0 heterocycles. The highest BCUT2D eigenvalue weighted by Crippen LogP contribution is 2.25. The molecular formula is C13H13NO2. The topological polar surface area (TPSA) is 63.3 Å². The van der Waals surface area contributed by atoms with Gasteiger partial charge in [0.05, 0.1) is 5.92 Å². The molecule has 0 unspecified atom stereocenters. The predicted molar refractivity (Wildman–Crippen MR) is 63.4 cm³/mol. The Balaban J connectivity index is 2.63. The number of carbonyl (C=O) groups is 1. The Morgan fingerprint density at radius 2 is 1.88 bits per heavy atom. The number of hydrogen-bond donors (Lipinski definition) is 2. The van der Waals surface area contributed by atoms with Gasteiger partial charge in [-0.25, -0.2) is 0 Å².